The van der Waals surface area contributed by atoms with Gasteiger partial charge in [0, 0.05) is 43.2 Å². The van der Waals surface area contributed by atoms with Crippen molar-refractivity contribution >= 4 is 34.8 Å². The van der Waals surface area contributed by atoms with Crippen LogP contribution in [-0.4, -0.2) is 53.7 Å². The predicted molar refractivity (Wildman–Crippen MR) is 205 cm³/mol. The fourth-order valence-corrected chi connectivity index (χ4v) is 5.81. The molecular formula is C41H53N5O5. The van der Waals surface area contributed by atoms with Gasteiger partial charge in [0.15, 0.2) is 0 Å². The number of carbonyl (C=O) groups is 3. The number of hydrogen-bond acceptors (Lipinski definition) is 7. The Balaban J connectivity index is 0.000000686. The molecule has 1 fully saturated rings. The summed E-state index contributed by atoms with van der Waals surface area (Å²) in [6.45, 7) is 4.55. The van der Waals surface area contributed by atoms with Gasteiger partial charge in [-0.2, -0.15) is 0 Å². The van der Waals surface area contributed by atoms with E-state index in [0.717, 1.165) is 23.9 Å². The number of nitrogen functional groups attached to an aromatic ring is 1. The number of aliphatic hydroxyl groups is 2. The number of β-lactam (4-membered cyclic amide) rings is 1. The molecule has 0 bridgehead atoms. The maximum Gasteiger partial charge on any atom is 0.237 e. The van der Waals surface area contributed by atoms with Gasteiger partial charge < -0.3 is 37.2 Å². The van der Waals surface area contributed by atoms with E-state index in [1.165, 1.54) is 5.56 Å². The zero-order valence-electron chi connectivity index (χ0n) is 29.9. The minimum Gasteiger partial charge on any atom is -0.400 e. The molecule has 10 nitrogen and oxygen atoms in total. The van der Waals surface area contributed by atoms with Gasteiger partial charge in [-0.25, -0.2) is 0 Å². The second kappa shape index (κ2) is 21.2. The van der Waals surface area contributed by atoms with E-state index < -0.39 is 12.1 Å². The Labute approximate surface area is 301 Å². The van der Waals surface area contributed by atoms with E-state index in [-0.39, 0.29) is 29.7 Å². The largest absolute Gasteiger partial charge is 0.400 e. The normalized spacial score (nSPS) is 15.9. The van der Waals surface area contributed by atoms with Crippen molar-refractivity contribution in [2.45, 2.75) is 70.6 Å². The maximum absolute atomic E-state index is 12.9. The van der Waals surface area contributed by atoms with Crippen molar-refractivity contribution < 1.29 is 24.6 Å². The smallest absolute Gasteiger partial charge is 0.237 e. The quantitative estimate of drug-likeness (QED) is 0.0572. The highest BCUT2D eigenvalue weighted by Crippen LogP contribution is 2.37. The molecule has 0 radical (unpaired) electrons. The third-order valence-corrected chi connectivity index (χ3v) is 8.75. The molecule has 5 rings (SSSR count). The molecule has 1 heterocycles. The molecule has 1 saturated heterocycles. The molecule has 0 aromatic heterocycles. The Hall–Kier alpha value is -5.03. The van der Waals surface area contributed by atoms with Gasteiger partial charge in [-0.05, 0) is 93.5 Å². The van der Waals surface area contributed by atoms with Gasteiger partial charge in [0.2, 0.25) is 17.7 Å². The molecule has 4 atom stereocenters. The fraction of sp³-hybridized carbons (Fsp3) is 0.341. The first-order chi connectivity index (χ1) is 24.6. The highest BCUT2D eigenvalue weighted by Gasteiger charge is 2.44. The molecule has 0 aliphatic carbocycles. The van der Waals surface area contributed by atoms with E-state index in [0.29, 0.717) is 56.4 Å². The Kier molecular flexibility index (Phi) is 16.8. The summed E-state index contributed by atoms with van der Waals surface area (Å²) in [5.41, 5.74) is 16.9. The van der Waals surface area contributed by atoms with Crippen molar-refractivity contribution in [3.05, 3.63) is 126 Å². The number of hydrogen-bond donors (Lipinski definition) is 6. The van der Waals surface area contributed by atoms with Crippen LogP contribution in [0.5, 0.6) is 0 Å². The van der Waals surface area contributed by atoms with Gasteiger partial charge in [0.05, 0.1) is 18.1 Å². The molecule has 4 unspecified atom stereocenters. The van der Waals surface area contributed by atoms with Crippen LogP contribution in [0.4, 0.5) is 17.1 Å². The average Bonchev–Trinajstić information content (AvgIpc) is 3.15. The van der Waals surface area contributed by atoms with Gasteiger partial charge in [0.1, 0.15) is 0 Å². The highest BCUT2D eigenvalue weighted by molar-refractivity contribution is 6.03. The molecule has 10 heteroatoms. The van der Waals surface area contributed by atoms with Crippen LogP contribution in [-0.2, 0) is 20.8 Å². The summed E-state index contributed by atoms with van der Waals surface area (Å²) in [6, 6.07) is 33.7. The number of rotatable bonds is 14. The molecule has 4 aromatic carbocycles. The summed E-state index contributed by atoms with van der Waals surface area (Å²) < 4.78 is 0. The molecule has 51 heavy (non-hydrogen) atoms. The first kappa shape index (κ1) is 40.4. The standard InChI is InChI=1S/C33H41N5O4.C7H8.CH4O/c1-22-28(18-19-30(39)24-7-3-2-4-8-24)33(42)38(22)27-16-14-26(15-17-27)37-31(40)9-5-6-20-36-32(41)29(35)21-23-10-12-25(34)13-11-23;1-7-5-3-2-4-6-7;1-2/h2-4,7-8,10-17,22,28-30,39H,5-6,9,18-21,34-35H2,1H3,(H,36,41)(H,37,40);2-6H,1H3;2H,1H3. The van der Waals surface area contributed by atoms with Crippen LogP contribution in [0.3, 0.4) is 0 Å². The van der Waals surface area contributed by atoms with Crippen molar-refractivity contribution in [3.8, 4) is 0 Å². The van der Waals surface area contributed by atoms with E-state index >= 15 is 0 Å². The van der Waals surface area contributed by atoms with Crippen LogP contribution in [0, 0.1) is 12.8 Å². The topological polar surface area (TPSA) is 171 Å². The number of benzene rings is 4. The number of nitrogens with one attached hydrogen (secondary N) is 2. The van der Waals surface area contributed by atoms with Crippen LogP contribution < -0.4 is 27.0 Å². The molecular weight excluding hydrogens is 642 g/mol. The lowest BCUT2D eigenvalue weighted by Crippen LogP contribution is -2.59. The Morgan fingerprint density at radius 1 is 0.863 bits per heavy atom. The van der Waals surface area contributed by atoms with Gasteiger partial charge in [-0.3, -0.25) is 14.4 Å². The summed E-state index contributed by atoms with van der Waals surface area (Å²) >= 11 is 0. The van der Waals surface area contributed by atoms with Crippen molar-refractivity contribution in [1.82, 2.24) is 5.32 Å². The zero-order chi connectivity index (χ0) is 37.2. The predicted octanol–water partition coefficient (Wildman–Crippen LogP) is 5.53. The number of aliphatic hydroxyl groups excluding tert-OH is 2. The van der Waals surface area contributed by atoms with Crippen molar-refractivity contribution in [3.63, 3.8) is 0 Å². The first-order valence-electron chi connectivity index (χ1n) is 17.4. The second-order valence-corrected chi connectivity index (χ2v) is 12.6. The third-order valence-electron chi connectivity index (χ3n) is 8.75. The fourth-order valence-electron chi connectivity index (χ4n) is 5.81. The number of nitrogens with zero attached hydrogens (tertiary/aromatic N) is 1. The van der Waals surface area contributed by atoms with E-state index in [9.17, 15) is 19.5 Å². The average molecular weight is 696 g/mol. The lowest BCUT2D eigenvalue weighted by Gasteiger charge is -2.45. The summed E-state index contributed by atoms with van der Waals surface area (Å²) in [6.07, 6.45) is 2.62. The molecule has 1 aliphatic rings. The number of anilines is 3. The summed E-state index contributed by atoms with van der Waals surface area (Å²) in [5.74, 6) is -0.396. The van der Waals surface area contributed by atoms with Crippen LogP contribution in [0.25, 0.3) is 0 Å². The third kappa shape index (κ3) is 13.0. The van der Waals surface area contributed by atoms with Crippen LogP contribution in [0.1, 0.15) is 61.8 Å². The Morgan fingerprint density at radius 3 is 2.04 bits per heavy atom. The van der Waals surface area contributed by atoms with Crippen LogP contribution in [0.2, 0.25) is 0 Å². The molecule has 8 N–H and O–H groups in total. The zero-order valence-corrected chi connectivity index (χ0v) is 29.9. The van der Waals surface area contributed by atoms with E-state index in [4.69, 9.17) is 16.6 Å². The lowest BCUT2D eigenvalue weighted by molar-refractivity contribution is -0.130. The summed E-state index contributed by atoms with van der Waals surface area (Å²) in [7, 11) is 1.00. The maximum atomic E-state index is 12.9. The van der Waals surface area contributed by atoms with E-state index in [1.54, 1.807) is 29.2 Å². The number of unbranched alkanes of at least 4 members (excludes halogenated alkanes) is 1. The van der Waals surface area contributed by atoms with E-state index in [1.807, 2.05) is 79.7 Å². The number of nitrogens with two attached hydrogens (primary N) is 2. The van der Waals surface area contributed by atoms with Crippen LogP contribution in [0.15, 0.2) is 109 Å². The first-order valence-corrected chi connectivity index (χ1v) is 17.4. The molecule has 4 aromatic rings. The lowest BCUT2D eigenvalue weighted by atomic mass is 9.83. The Bertz CT molecular complexity index is 1620. The second-order valence-electron chi connectivity index (χ2n) is 12.6. The molecule has 3 amide bonds. The molecule has 1 aliphatic heterocycles. The Morgan fingerprint density at radius 2 is 1.47 bits per heavy atom. The number of carbonyl (C=O) groups excluding carboxylic acids is 3. The summed E-state index contributed by atoms with van der Waals surface area (Å²) in [5, 5.41) is 23.2. The highest BCUT2D eigenvalue weighted by atomic mass is 16.3. The van der Waals surface area contributed by atoms with Crippen molar-refractivity contribution in [2.24, 2.45) is 11.7 Å². The minimum absolute atomic E-state index is 0.0358. The number of amides is 3. The van der Waals surface area contributed by atoms with Gasteiger partial charge in [0.25, 0.3) is 0 Å². The molecule has 0 spiro atoms. The molecule has 272 valence electrons. The van der Waals surface area contributed by atoms with Gasteiger partial charge in [-0.15, -0.1) is 0 Å². The van der Waals surface area contributed by atoms with Crippen molar-refractivity contribution in [1.29, 1.82) is 0 Å². The van der Waals surface area contributed by atoms with Crippen LogP contribution >= 0.6 is 0 Å². The summed E-state index contributed by atoms with van der Waals surface area (Å²) in [4.78, 5) is 39.3. The van der Waals surface area contributed by atoms with E-state index in [2.05, 4.69) is 29.7 Å². The SMILES string of the molecule is CC1C(CCC(O)c2ccccc2)C(=O)N1c1ccc(NC(=O)CCCCNC(=O)C(N)Cc2ccc(N)cc2)cc1.CO.Cc1ccccc1. The molecule has 0 saturated carbocycles. The monoisotopic (exact) mass is 695 g/mol. The van der Waals surface area contributed by atoms with Gasteiger partial charge in [-0.1, -0.05) is 78.4 Å². The minimum atomic E-state index is -0.645. The number of aryl methyl sites for hydroxylation is 1. The van der Waals surface area contributed by atoms with Crippen molar-refractivity contribution in [2.75, 3.05) is 29.6 Å². The van der Waals surface area contributed by atoms with Gasteiger partial charge >= 0.3 is 0 Å².